The van der Waals surface area contributed by atoms with Crippen LogP contribution < -0.4 is 0 Å². The topological polar surface area (TPSA) is 47.9 Å². The Bertz CT molecular complexity index is 149. The lowest BCUT2D eigenvalue weighted by atomic mass is 10.1. The maximum atomic E-state index is 9.31. The Morgan fingerprint density at radius 3 is 3.00 bits per heavy atom. The highest BCUT2D eigenvalue weighted by atomic mass is 16.7. The van der Waals surface area contributed by atoms with E-state index in [-0.39, 0.29) is 18.5 Å². The Labute approximate surface area is 65.1 Å². The van der Waals surface area contributed by atoms with Gasteiger partial charge in [0.05, 0.1) is 12.7 Å². The van der Waals surface area contributed by atoms with Crippen LogP contribution in [0.1, 0.15) is 6.42 Å². The summed E-state index contributed by atoms with van der Waals surface area (Å²) in [4.78, 5) is 0. The highest BCUT2D eigenvalue weighted by molar-refractivity contribution is 4.90. The average Bonchev–Trinajstić information content (AvgIpc) is 2.53. The molecule has 0 spiro atoms. The monoisotopic (exact) mass is 160 g/mol. The summed E-state index contributed by atoms with van der Waals surface area (Å²) < 4.78 is 15.6. The minimum Gasteiger partial charge on any atom is -0.388 e. The first-order valence-electron chi connectivity index (χ1n) is 3.79. The van der Waals surface area contributed by atoms with Gasteiger partial charge < -0.3 is 19.3 Å². The Kier molecular flexibility index (Phi) is 1.85. The van der Waals surface area contributed by atoms with Crippen LogP contribution in [0.4, 0.5) is 0 Å². The smallest absolute Gasteiger partial charge is 0.160 e. The van der Waals surface area contributed by atoms with Gasteiger partial charge in [-0.2, -0.15) is 0 Å². The van der Waals surface area contributed by atoms with E-state index >= 15 is 0 Å². The molecule has 2 aliphatic rings. The molecule has 64 valence electrons. The van der Waals surface area contributed by atoms with Crippen molar-refractivity contribution in [2.75, 3.05) is 13.7 Å². The Balaban J connectivity index is 1.98. The first kappa shape index (κ1) is 7.49. The molecule has 2 heterocycles. The Morgan fingerprint density at radius 1 is 1.55 bits per heavy atom. The van der Waals surface area contributed by atoms with E-state index in [1.807, 2.05) is 0 Å². The third-order valence-corrected chi connectivity index (χ3v) is 2.22. The minimum absolute atomic E-state index is 0.0370. The van der Waals surface area contributed by atoms with Crippen LogP contribution in [0.25, 0.3) is 0 Å². The van der Waals surface area contributed by atoms with E-state index in [9.17, 15) is 5.11 Å². The van der Waals surface area contributed by atoms with Crippen molar-refractivity contribution in [3.63, 3.8) is 0 Å². The molecule has 2 aliphatic heterocycles. The Morgan fingerprint density at radius 2 is 2.36 bits per heavy atom. The summed E-state index contributed by atoms with van der Waals surface area (Å²) >= 11 is 0. The molecule has 2 unspecified atom stereocenters. The predicted molar refractivity (Wildman–Crippen MR) is 36.0 cm³/mol. The zero-order valence-corrected chi connectivity index (χ0v) is 6.40. The number of ether oxygens (including phenoxy) is 3. The van der Waals surface area contributed by atoms with Gasteiger partial charge in [0.25, 0.3) is 0 Å². The molecule has 0 aromatic heterocycles. The fourth-order valence-electron chi connectivity index (χ4n) is 1.61. The van der Waals surface area contributed by atoms with Crippen molar-refractivity contribution in [3.05, 3.63) is 0 Å². The molecule has 0 amide bonds. The van der Waals surface area contributed by atoms with Gasteiger partial charge in [0.2, 0.25) is 0 Å². The molecule has 0 bridgehead atoms. The Hall–Kier alpha value is -0.160. The van der Waals surface area contributed by atoms with E-state index in [1.54, 1.807) is 7.11 Å². The molecule has 2 rings (SSSR count). The normalized spacial score (nSPS) is 49.6. The average molecular weight is 160 g/mol. The van der Waals surface area contributed by atoms with E-state index in [1.165, 1.54) is 0 Å². The van der Waals surface area contributed by atoms with Gasteiger partial charge in [0.15, 0.2) is 6.29 Å². The van der Waals surface area contributed by atoms with E-state index in [2.05, 4.69) is 0 Å². The third kappa shape index (κ3) is 1.16. The quantitative estimate of drug-likeness (QED) is 0.562. The SMILES string of the molecule is CO[C@H]1CC2OC[C@@H](O)C2O1. The van der Waals surface area contributed by atoms with Gasteiger partial charge in [-0.3, -0.25) is 0 Å². The highest BCUT2D eigenvalue weighted by Crippen LogP contribution is 2.30. The van der Waals surface area contributed by atoms with Crippen LogP contribution in [-0.2, 0) is 14.2 Å². The van der Waals surface area contributed by atoms with E-state index in [0.717, 1.165) is 6.42 Å². The number of rotatable bonds is 1. The summed E-state index contributed by atoms with van der Waals surface area (Å²) in [6.07, 6.45) is -0.0619. The van der Waals surface area contributed by atoms with Crippen LogP contribution in [0.15, 0.2) is 0 Å². The summed E-state index contributed by atoms with van der Waals surface area (Å²) in [5.74, 6) is 0. The van der Waals surface area contributed by atoms with Crippen LogP contribution in [-0.4, -0.2) is 43.4 Å². The number of methoxy groups -OCH3 is 1. The van der Waals surface area contributed by atoms with Crippen molar-refractivity contribution in [2.24, 2.45) is 0 Å². The second-order valence-electron chi connectivity index (χ2n) is 2.94. The number of fused-ring (bicyclic) bond motifs is 1. The first-order valence-corrected chi connectivity index (χ1v) is 3.79. The van der Waals surface area contributed by atoms with E-state index < -0.39 is 6.10 Å². The molecule has 2 fully saturated rings. The standard InChI is InChI=1S/C7H12O4/c1-9-6-2-5-7(11-6)4(8)3-10-5/h4-8H,2-3H2,1H3/t4-,5?,6-,7?/m1/s1. The molecule has 0 saturated carbocycles. The summed E-state index contributed by atoms with van der Waals surface area (Å²) in [6, 6.07) is 0. The van der Waals surface area contributed by atoms with Crippen LogP contribution in [0.3, 0.4) is 0 Å². The van der Waals surface area contributed by atoms with Gasteiger partial charge >= 0.3 is 0 Å². The molecular formula is C7H12O4. The van der Waals surface area contributed by atoms with Crippen molar-refractivity contribution >= 4 is 0 Å². The lowest BCUT2D eigenvalue weighted by Crippen LogP contribution is -2.27. The fraction of sp³-hybridized carbons (Fsp3) is 1.00. The van der Waals surface area contributed by atoms with Gasteiger partial charge in [0.1, 0.15) is 12.2 Å². The number of hydrogen-bond acceptors (Lipinski definition) is 4. The van der Waals surface area contributed by atoms with Gasteiger partial charge in [-0.1, -0.05) is 0 Å². The van der Waals surface area contributed by atoms with Crippen molar-refractivity contribution in [2.45, 2.75) is 31.0 Å². The highest BCUT2D eigenvalue weighted by Gasteiger charge is 2.45. The number of aliphatic hydroxyl groups is 1. The maximum absolute atomic E-state index is 9.31. The second-order valence-corrected chi connectivity index (χ2v) is 2.94. The van der Waals surface area contributed by atoms with Crippen LogP contribution in [0.5, 0.6) is 0 Å². The van der Waals surface area contributed by atoms with Gasteiger partial charge in [-0.25, -0.2) is 0 Å². The number of aliphatic hydroxyl groups excluding tert-OH is 1. The van der Waals surface area contributed by atoms with E-state index in [0.29, 0.717) is 6.61 Å². The largest absolute Gasteiger partial charge is 0.388 e. The molecular weight excluding hydrogens is 148 g/mol. The molecule has 0 aromatic carbocycles. The van der Waals surface area contributed by atoms with Crippen molar-refractivity contribution in [1.29, 1.82) is 0 Å². The van der Waals surface area contributed by atoms with E-state index in [4.69, 9.17) is 14.2 Å². The predicted octanol–water partition coefficient (Wildman–Crippen LogP) is -0.493. The molecule has 0 radical (unpaired) electrons. The molecule has 2 saturated heterocycles. The molecule has 4 atom stereocenters. The molecule has 11 heavy (non-hydrogen) atoms. The molecule has 0 aromatic rings. The lowest BCUT2D eigenvalue weighted by molar-refractivity contribution is -0.134. The molecule has 4 heteroatoms. The minimum atomic E-state index is -0.472. The van der Waals surface area contributed by atoms with Crippen molar-refractivity contribution in [3.8, 4) is 0 Å². The summed E-state index contributed by atoms with van der Waals surface area (Å²) in [6.45, 7) is 0.395. The number of hydrogen-bond donors (Lipinski definition) is 1. The van der Waals surface area contributed by atoms with Gasteiger partial charge in [0, 0.05) is 13.5 Å². The zero-order chi connectivity index (χ0) is 7.84. The summed E-state index contributed by atoms with van der Waals surface area (Å²) in [7, 11) is 1.60. The molecule has 0 aliphatic carbocycles. The first-order chi connectivity index (χ1) is 5.31. The third-order valence-electron chi connectivity index (χ3n) is 2.22. The maximum Gasteiger partial charge on any atom is 0.160 e. The molecule has 4 nitrogen and oxygen atoms in total. The fourth-order valence-corrected chi connectivity index (χ4v) is 1.61. The van der Waals surface area contributed by atoms with Crippen LogP contribution >= 0.6 is 0 Å². The van der Waals surface area contributed by atoms with Crippen molar-refractivity contribution in [1.82, 2.24) is 0 Å². The zero-order valence-electron chi connectivity index (χ0n) is 6.40. The van der Waals surface area contributed by atoms with Gasteiger partial charge in [-0.15, -0.1) is 0 Å². The summed E-state index contributed by atoms with van der Waals surface area (Å²) in [5.41, 5.74) is 0. The van der Waals surface area contributed by atoms with Crippen LogP contribution in [0, 0.1) is 0 Å². The summed E-state index contributed by atoms with van der Waals surface area (Å²) in [5, 5.41) is 9.31. The molecule has 1 N–H and O–H groups in total. The van der Waals surface area contributed by atoms with Gasteiger partial charge in [-0.05, 0) is 0 Å². The van der Waals surface area contributed by atoms with Crippen LogP contribution in [0.2, 0.25) is 0 Å². The second kappa shape index (κ2) is 2.71. The lowest BCUT2D eigenvalue weighted by Gasteiger charge is -2.12. The van der Waals surface area contributed by atoms with Crippen molar-refractivity contribution < 1.29 is 19.3 Å².